The van der Waals surface area contributed by atoms with E-state index in [1.165, 1.54) is 35.0 Å². The molecule has 1 aromatic carbocycles. The van der Waals surface area contributed by atoms with Crippen LogP contribution in [0.15, 0.2) is 41.7 Å². The molecule has 6 heteroatoms. The van der Waals surface area contributed by atoms with Crippen LogP contribution in [0.2, 0.25) is 0 Å². The number of nitrogens with zero attached hydrogens (tertiary/aromatic N) is 1. The molecule has 2 rings (SSSR count). The van der Waals surface area contributed by atoms with Crippen LogP contribution in [-0.2, 0) is 0 Å². The first kappa shape index (κ1) is 15.8. The number of halogens is 1. The fraction of sp³-hybridized carbons (Fsp3) is 0.250. The number of carbonyl (C=O) groups is 1. The Morgan fingerprint density at radius 2 is 2.05 bits per heavy atom. The van der Waals surface area contributed by atoms with Crippen molar-refractivity contribution in [2.45, 2.75) is 19.9 Å². The Morgan fingerprint density at radius 1 is 1.41 bits per heavy atom. The van der Waals surface area contributed by atoms with Gasteiger partial charge in [0, 0.05) is 18.2 Å². The Morgan fingerprint density at radius 3 is 2.59 bits per heavy atom. The Hall–Kier alpha value is -2.63. The van der Waals surface area contributed by atoms with E-state index in [9.17, 15) is 14.0 Å². The van der Waals surface area contributed by atoms with Crippen molar-refractivity contribution in [3.8, 4) is 11.3 Å². The molecule has 0 aliphatic carbocycles. The van der Waals surface area contributed by atoms with Crippen LogP contribution in [0, 0.1) is 5.82 Å². The minimum Gasteiger partial charge on any atom is -0.348 e. The first-order valence-electron chi connectivity index (χ1n) is 6.95. The molecular formula is C16H18FN3O2. The van der Waals surface area contributed by atoms with Gasteiger partial charge in [0.25, 0.3) is 11.5 Å². The van der Waals surface area contributed by atoms with Gasteiger partial charge in [-0.05, 0) is 38.1 Å². The van der Waals surface area contributed by atoms with E-state index < -0.39 is 11.5 Å². The molecule has 1 amide bonds. The molecule has 0 unspecified atom stereocenters. The molecule has 0 saturated heterocycles. The van der Waals surface area contributed by atoms with Crippen molar-refractivity contribution in [1.82, 2.24) is 15.1 Å². The molecule has 0 atom stereocenters. The lowest BCUT2D eigenvalue weighted by Gasteiger charge is -2.05. The maximum absolute atomic E-state index is 13.1. The Labute approximate surface area is 127 Å². The molecule has 22 heavy (non-hydrogen) atoms. The van der Waals surface area contributed by atoms with Gasteiger partial charge < -0.3 is 5.32 Å². The number of aromatic nitrogens is 2. The summed E-state index contributed by atoms with van der Waals surface area (Å²) in [6.07, 6.45) is 1.53. The standard InChI is InChI=1S/C16H18FN3O2/c1-4-9-18-15(21)13-14(11-5-7-12(17)8-6-11)19-20(10(2)3)16(13)22/h4-8,10,19H,1,9H2,2-3H3,(H,18,21). The number of aromatic amines is 1. The Bertz CT molecular complexity index is 742. The average Bonchev–Trinajstić information content (AvgIpc) is 2.83. The highest BCUT2D eigenvalue weighted by molar-refractivity contribution is 5.99. The number of hydrogen-bond donors (Lipinski definition) is 2. The first-order valence-corrected chi connectivity index (χ1v) is 6.95. The quantitative estimate of drug-likeness (QED) is 0.833. The van der Waals surface area contributed by atoms with Crippen LogP contribution in [0.3, 0.4) is 0 Å². The predicted octanol–water partition coefficient (Wildman–Crippen LogP) is 2.48. The molecule has 0 saturated carbocycles. The van der Waals surface area contributed by atoms with Crippen molar-refractivity contribution >= 4 is 5.91 Å². The summed E-state index contributed by atoms with van der Waals surface area (Å²) in [6.45, 7) is 7.45. The number of carbonyl (C=O) groups excluding carboxylic acids is 1. The van der Waals surface area contributed by atoms with Crippen molar-refractivity contribution in [3.05, 3.63) is 58.7 Å². The van der Waals surface area contributed by atoms with Crippen LogP contribution in [0.5, 0.6) is 0 Å². The fourth-order valence-electron chi connectivity index (χ4n) is 2.11. The minimum atomic E-state index is -0.486. The summed E-state index contributed by atoms with van der Waals surface area (Å²) in [6, 6.07) is 5.48. The lowest BCUT2D eigenvalue weighted by Crippen LogP contribution is -2.30. The number of benzene rings is 1. The Kier molecular flexibility index (Phi) is 4.60. The zero-order chi connectivity index (χ0) is 16.3. The third kappa shape index (κ3) is 3.00. The predicted molar refractivity (Wildman–Crippen MR) is 83.4 cm³/mol. The summed E-state index contributed by atoms with van der Waals surface area (Å²) in [5.74, 6) is -0.869. The largest absolute Gasteiger partial charge is 0.348 e. The van der Waals surface area contributed by atoms with Crippen molar-refractivity contribution in [2.75, 3.05) is 6.54 Å². The third-order valence-electron chi connectivity index (χ3n) is 3.20. The average molecular weight is 303 g/mol. The fourth-order valence-corrected chi connectivity index (χ4v) is 2.11. The lowest BCUT2D eigenvalue weighted by molar-refractivity contribution is 0.0957. The summed E-state index contributed by atoms with van der Waals surface area (Å²) >= 11 is 0. The zero-order valence-electron chi connectivity index (χ0n) is 12.5. The molecule has 1 aromatic heterocycles. The smallest absolute Gasteiger partial charge is 0.280 e. The van der Waals surface area contributed by atoms with Crippen LogP contribution < -0.4 is 10.9 Å². The molecular weight excluding hydrogens is 285 g/mol. The van der Waals surface area contributed by atoms with Gasteiger partial charge in [0.15, 0.2) is 0 Å². The lowest BCUT2D eigenvalue weighted by atomic mass is 10.1. The third-order valence-corrected chi connectivity index (χ3v) is 3.20. The molecule has 1 heterocycles. The summed E-state index contributed by atoms with van der Waals surface area (Å²) in [5, 5.41) is 5.54. The van der Waals surface area contributed by atoms with E-state index in [0.717, 1.165) is 0 Å². The molecule has 0 aliphatic heterocycles. The zero-order valence-corrected chi connectivity index (χ0v) is 12.5. The van der Waals surface area contributed by atoms with Crippen molar-refractivity contribution in [2.24, 2.45) is 0 Å². The number of hydrogen-bond acceptors (Lipinski definition) is 2. The van der Waals surface area contributed by atoms with E-state index in [-0.39, 0.29) is 24.0 Å². The van der Waals surface area contributed by atoms with Gasteiger partial charge in [0.1, 0.15) is 11.4 Å². The molecule has 2 N–H and O–H groups in total. The van der Waals surface area contributed by atoms with Gasteiger partial charge in [-0.2, -0.15) is 0 Å². The first-order chi connectivity index (χ1) is 10.5. The van der Waals surface area contributed by atoms with E-state index >= 15 is 0 Å². The van der Waals surface area contributed by atoms with Gasteiger partial charge in [-0.15, -0.1) is 6.58 Å². The van der Waals surface area contributed by atoms with Gasteiger partial charge in [0.2, 0.25) is 0 Å². The molecule has 0 aliphatic rings. The second kappa shape index (κ2) is 6.43. The summed E-state index contributed by atoms with van der Waals surface area (Å²) in [7, 11) is 0. The number of rotatable bonds is 5. The maximum atomic E-state index is 13.1. The van der Waals surface area contributed by atoms with E-state index in [1.54, 1.807) is 0 Å². The van der Waals surface area contributed by atoms with E-state index in [0.29, 0.717) is 11.3 Å². The van der Waals surface area contributed by atoms with Crippen LogP contribution >= 0.6 is 0 Å². The topological polar surface area (TPSA) is 66.9 Å². The minimum absolute atomic E-state index is 0.0159. The second-order valence-electron chi connectivity index (χ2n) is 5.14. The molecule has 2 aromatic rings. The van der Waals surface area contributed by atoms with Crippen molar-refractivity contribution in [1.29, 1.82) is 0 Å². The second-order valence-corrected chi connectivity index (χ2v) is 5.14. The van der Waals surface area contributed by atoms with Gasteiger partial charge in [0.05, 0.1) is 5.69 Å². The van der Waals surface area contributed by atoms with E-state index in [2.05, 4.69) is 17.0 Å². The van der Waals surface area contributed by atoms with Crippen molar-refractivity contribution < 1.29 is 9.18 Å². The normalized spacial score (nSPS) is 10.7. The molecule has 116 valence electrons. The summed E-state index contributed by atoms with van der Waals surface area (Å²) in [4.78, 5) is 24.7. The molecule has 5 nitrogen and oxygen atoms in total. The van der Waals surface area contributed by atoms with Crippen molar-refractivity contribution in [3.63, 3.8) is 0 Å². The van der Waals surface area contributed by atoms with E-state index in [4.69, 9.17) is 0 Å². The number of nitrogens with one attached hydrogen (secondary N) is 2. The number of amides is 1. The highest BCUT2D eigenvalue weighted by Gasteiger charge is 2.22. The van der Waals surface area contributed by atoms with Gasteiger partial charge >= 0.3 is 0 Å². The van der Waals surface area contributed by atoms with Crippen LogP contribution in [0.25, 0.3) is 11.3 Å². The number of H-pyrrole nitrogens is 1. The highest BCUT2D eigenvalue weighted by Crippen LogP contribution is 2.21. The Balaban J connectivity index is 2.58. The molecule has 0 spiro atoms. The van der Waals surface area contributed by atoms with E-state index in [1.807, 2.05) is 13.8 Å². The monoisotopic (exact) mass is 303 g/mol. The molecule has 0 fully saturated rings. The van der Waals surface area contributed by atoms with Crippen LogP contribution in [0.4, 0.5) is 4.39 Å². The SMILES string of the molecule is C=CCNC(=O)c1c(-c2ccc(F)cc2)[nH]n(C(C)C)c1=O. The van der Waals surface area contributed by atoms with Crippen LogP contribution in [0.1, 0.15) is 30.2 Å². The van der Waals surface area contributed by atoms with Crippen LogP contribution in [-0.4, -0.2) is 22.2 Å². The highest BCUT2D eigenvalue weighted by atomic mass is 19.1. The maximum Gasteiger partial charge on any atom is 0.280 e. The summed E-state index contributed by atoms with van der Waals surface area (Å²) < 4.78 is 14.4. The molecule has 0 radical (unpaired) electrons. The molecule has 0 bridgehead atoms. The van der Waals surface area contributed by atoms with Gasteiger partial charge in [-0.3, -0.25) is 14.7 Å². The summed E-state index contributed by atoms with van der Waals surface area (Å²) in [5.41, 5.74) is 0.556. The van der Waals surface area contributed by atoms with Gasteiger partial charge in [-0.25, -0.2) is 9.07 Å². The van der Waals surface area contributed by atoms with Gasteiger partial charge in [-0.1, -0.05) is 6.08 Å².